The first kappa shape index (κ1) is 13.4. The van der Waals surface area contributed by atoms with Crippen molar-refractivity contribution in [2.24, 2.45) is 5.73 Å². The zero-order chi connectivity index (χ0) is 13.7. The van der Waals surface area contributed by atoms with Crippen LogP contribution in [0.3, 0.4) is 0 Å². The van der Waals surface area contributed by atoms with Crippen LogP contribution in [-0.2, 0) is 9.53 Å². The maximum atomic E-state index is 11.3. The summed E-state index contributed by atoms with van der Waals surface area (Å²) in [6.07, 6.45) is 2.32. The monoisotopic (exact) mass is 250 g/mol. The summed E-state index contributed by atoms with van der Waals surface area (Å²) in [6.45, 7) is 0. The summed E-state index contributed by atoms with van der Waals surface area (Å²) in [5.74, 6) is -1.39. The summed E-state index contributed by atoms with van der Waals surface area (Å²) in [5.41, 5.74) is 4.97. The van der Waals surface area contributed by atoms with E-state index >= 15 is 0 Å². The molecule has 0 unspecified atom stereocenters. The van der Waals surface area contributed by atoms with E-state index in [0.29, 0.717) is 5.56 Å². The maximum Gasteiger partial charge on any atom is 0.338 e. The van der Waals surface area contributed by atoms with Crippen molar-refractivity contribution in [2.75, 3.05) is 7.11 Å². The van der Waals surface area contributed by atoms with Crippen LogP contribution in [0.5, 0.6) is 0 Å². The van der Waals surface area contributed by atoms with Crippen LogP contribution in [0.1, 0.15) is 15.9 Å². The van der Waals surface area contributed by atoms with Crippen molar-refractivity contribution in [1.29, 1.82) is 0 Å². The average molecular weight is 250 g/mol. The lowest BCUT2D eigenvalue weighted by atomic mass is 10.1. The largest absolute Gasteiger partial charge is 0.465 e. The molecule has 7 heteroatoms. The summed E-state index contributed by atoms with van der Waals surface area (Å²) in [5, 5.41) is 10.7. The third kappa shape index (κ3) is 3.41. The highest BCUT2D eigenvalue weighted by molar-refractivity contribution is 5.93. The van der Waals surface area contributed by atoms with Gasteiger partial charge in [-0.1, -0.05) is 0 Å². The minimum Gasteiger partial charge on any atom is -0.465 e. The number of hydrogen-bond donors (Lipinski definition) is 1. The second-order valence-electron chi connectivity index (χ2n) is 3.30. The van der Waals surface area contributed by atoms with Crippen LogP contribution in [0.4, 0.5) is 5.69 Å². The number of non-ortho nitro benzene ring substituents is 1. The van der Waals surface area contributed by atoms with Crippen LogP contribution in [0, 0.1) is 10.1 Å². The molecule has 2 N–H and O–H groups in total. The molecule has 94 valence electrons. The number of nitro benzene ring substituents is 1. The number of amides is 1. The van der Waals surface area contributed by atoms with Gasteiger partial charge in [0, 0.05) is 18.2 Å². The Hall–Kier alpha value is -2.70. The minimum atomic E-state index is -0.701. The number of primary amides is 1. The SMILES string of the molecule is COC(=O)c1cc(C=CC(N)=O)cc([N+](=O)[O-])c1. The molecule has 0 saturated heterocycles. The Morgan fingerprint density at radius 2 is 2.06 bits per heavy atom. The molecule has 7 nitrogen and oxygen atoms in total. The van der Waals surface area contributed by atoms with Gasteiger partial charge in [0.1, 0.15) is 0 Å². The number of rotatable bonds is 4. The van der Waals surface area contributed by atoms with Crippen LogP contribution >= 0.6 is 0 Å². The highest BCUT2D eigenvalue weighted by Gasteiger charge is 2.13. The van der Waals surface area contributed by atoms with E-state index in [4.69, 9.17) is 5.73 Å². The van der Waals surface area contributed by atoms with E-state index in [0.717, 1.165) is 12.1 Å². The fraction of sp³-hybridized carbons (Fsp3) is 0.0909. The van der Waals surface area contributed by atoms with Gasteiger partial charge in [0.25, 0.3) is 5.69 Å². The van der Waals surface area contributed by atoms with E-state index in [-0.39, 0.29) is 11.3 Å². The Morgan fingerprint density at radius 3 is 2.56 bits per heavy atom. The molecule has 0 spiro atoms. The highest BCUT2D eigenvalue weighted by Crippen LogP contribution is 2.19. The van der Waals surface area contributed by atoms with Crippen LogP contribution < -0.4 is 5.73 Å². The Kier molecular flexibility index (Phi) is 4.14. The number of carbonyl (C=O) groups is 2. The summed E-state index contributed by atoms with van der Waals surface area (Å²) in [4.78, 5) is 31.9. The van der Waals surface area contributed by atoms with Crippen molar-refractivity contribution in [1.82, 2.24) is 0 Å². The number of hydrogen-bond acceptors (Lipinski definition) is 5. The minimum absolute atomic E-state index is 0.0239. The van der Waals surface area contributed by atoms with Gasteiger partial charge in [-0.25, -0.2) is 4.79 Å². The third-order valence-corrected chi connectivity index (χ3v) is 2.01. The number of nitrogens with zero attached hydrogens (tertiary/aromatic N) is 1. The van der Waals surface area contributed by atoms with E-state index in [1.807, 2.05) is 0 Å². The molecule has 0 atom stereocenters. The van der Waals surface area contributed by atoms with Gasteiger partial charge in [-0.2, -0.15) is 0 Å². The van der Waals surface area contributed by atoms with Gasteiger partial charge >= 0.3 is 5.97 Å². The van der Waals surface area contributed by atoms with E-state index in [1.165, 1.54) is 25.3 Å². The van der Waals surface area contributed by atoms with Crippen LogP contribution in [0.25, 0.3) is 6.08 Å². The fourth-order valence-corrected chi connectivity index (χ4v) is 1.25. The maximum absolute atomic E-state index is 11.3. The lowest BCUT2D eigenvalue weighted by molar-refractivity contribution is -0.384. The molecule has 18 heavy (non-hydrogen) atoms. The molecule has 1 aromatic rings. The Balaban J connectivity index is 3.26. The Bertz CT molecular complexity index is 536. The zero-order valence-electron chi connectivity index (χ0n) is 9.45. The molecule has 1 aromatic carbocycles. The lowest BCUT2D eigenvalue weighted by Gasteiger charge is -2.01. The van der Waals surface area contributed by atoms with Gasteiger partial charge in [-0.15, -0.1) is 0 Å². The Morgan fingerprint density at radius 1 is 1.39 bits per heavy atom. The molecule has 0 saturated carbocycles. The fourth-order valence-electron chi connectivity index (χ4n) is 1.25. The zero-order valence-corrected chi connectivity index (χ0v) is 9.45. The van der Waals surface area contributed by atoms with Crippen molar-refractivity contribution < 1.29 is 19.2 Å². The summed E-state index contributed by atoms with van der Waals surface area (Å²) < 4.78 is 4.47. The molecule has 0 radical (unpaired) electrons. The van der Waals surface area contributed by atoms with E-state index in [2.05, 4.69) is 4.74 Å². The van der Waals surface area contributed by atoms with Crippen molar-refractivity contribution in [3.8, 4) is 0 Å². The number of ether oxygens (including phenoxy) is 1. The van der Waals surface area contributed by atoms with Gasteiger partial charge in [0.15, 0.2) is 0 Å². The molecule has 0 fully saturated rings. The van der Waals surface area contributed by atoms with Crippen molar-refractivity contribution in [2.45, 2.75) is 0 Å². The first-order valence-corrected chi connectivity index (χ1v) is 4.79. The molecule has 0 heterocycles. The molecule has 1 amide bonds. The standard InChI is InChI=1S/C11H10N2O5/c1-18-11(15)8-4-7(2-3-10(12)14)5-9(6-8)13(16)17/h2-6H,1H3,(H2,12,14). The van der Waals surface area contributed by atoms with Gasteiger partial charge in [-0.3, -0.25) is 14.9 Å². The molecule has 0 aliphatic heterocycles. The van der Waals surface area contributed by atoms with Gasteiger partial charge in [0.2, 0.25) is 5.91 Å². The van der Waals surface area contributed by atoms with E-state index in [1.54, 1.807) is 0 Å². The average Bonchev–Trinajstić information content (AvgIpc) is 2.34. The molecule has 0 bridgehead atoms. The molecule has 0 aliphatic carbocycles. The predicted octanol–water partition coefficient (Wildman–Crippen LogP) is 0.880. The molecule has 1 rings (SSSR count). The molecular formula is C11H10N2O5. The molecule has 0 aliphatic rings. The molecular weight excluding hydrogens is 240 g/mol. The number of nitrogens with two attached hydrogens (primary N) is 1. The normalized spacial score (nSPS) is 10.3. The third-order valence-electron chi connectivity index (χ3n) is 2.01. The van der Waals surface area contributed by atoms with E-state index < -0.39 is 16.8 Å². The van der Waals surface area contributed by atoms with Crippen LogP contribution in [0.2, 0.25) is 0 Å². The summed E-state index contributed by atoms with van der Waals surface area (Å²) in [7, 11) is 1.17. The Labute approximate surface area is 102 Å². The number of methoxy groups -OCH3 is 1. The topological polar surface area (TPSA) is 113 Å². The number of nitro groups is 1. The van der Waals surface area contributed by atoms with Gasteiger partial charge < -0.3 is 10.5 Å². The predicted molar refractivity (Wildman–Crippen MR) is 62.7 cm³/mol. The summed E-state index contributed by atoms with van der Waals surface area (Å²) >= 11 is 0. The highest BCUT2D eigenvalue weighted by atomic mass is 16.6. The van der Waals surface area contributed by atoms with Gasteiger partial charge in [-0.05, 0) is 17.7 Å². The van der Waals surface area contributed by atoms with Crippen molar-refractivity contribution >= 4 is 23.6 Å². The summed E-state index contributed by atoms with van der Waals surface area (Å²) in [6, 6.07) is 3.66. The lowest BCUT2D eigenvalue weighted by Crippen LogP contribution is -2.05. The second-order valence-corrected chi connectivity index (χ2v) is 3.30. The number of benzene rings is 1. The van der Waals surface area contributed by atoms with Crippen molar-refractivity contribution in [3.63, 3.8) is 0 Å². The number of esters is 1. The van der Waals surface area contributed by atoms with Crippen LogP contribution in [-0.4, -0.2) is 23.9 Å². The molecule has 0 aromatic heterocycles. The van der Waals surface area contributed by atoms with Gasteiger partial charge in [0.05, 0.1) is 17.6 Å². The first-order valence-electron chi connectivity index (χ1n) is 4.79. The van der Waals surface area contributed by atoms with E-state index in [9.17, 15) is 19.7 Å². The second kappa shape index (κ2) is 5.58. The number of carbonyl (C=O) groups excluding carboxylic acids is 2. The smallest absolute Gasteiger partial charge is 0.338 e. The quantitative estimate of drug-likeness (QED) is 0.369. The van der Waals surface area contributed by atoms with Crippen molar-refractivity contribution in [3.05, 3.63) is 45.5 Å². The first-order chi connectivity index (χ1) is 8.43. The van der Waals surface area contributed by atoms with Crippen LogP contribution in [0.15, 0.2) is 24.3 Å².